The molecule has 0 amide bonds. The van der Waals surface area contributed by atoms with Gasteiger partial charge in [0, 0.05) is 50.3 Å². The third-order valence-electron chi connectivity index (χ3n) is 13.0. The number of para-hydroxylation sites is 4. The number of hydrogen-bond acceptors (Lipinski definition) is 2. The van der Waals surface area contributed by atoms with Crippen LogP contribution in [0.2, 0.25) is 0 Å². The highest BCUT2D eigenvalue weighted by atomic mass is 16.3. The maximum Gasteiger partial charge on any atom is 0.143 e. The molecular formula is C64H44N2O. The van der Waals surface area contributed by atoms with Gasteiger partial charge in [-0.15, -0.1) is 0 Å². The summed E-state index contributed by atoms with van der Waals surface area (Å²) in [4.78, 5) is 2.31. The van der Waals surface area contributed by atoms with E-state index >= 15 is 0 Å². The van der Waals surface area contributed by atoms with Crippen LogP contribution in [0.1, 0.15) is 0 Å². The second-order valence-electron chi connectivity index (χ2n) is 16.9. The van der Waals surface area contributed by atoms with Gasteiger partial charge in [0.1, 0.15) is 11.2 Å². The maximum absolute atomic E-state index is 6.83. The molecule has 0 saturated carbocycles. The Morgan fingerprint density at radius 2 is 1.01 bits per heavy atom. The summed E-state index contributed by atoms with van der Waals surface area (Å²) < 4.78 is 9.10. The van der Waals surface area contributed by atoms with Gasteiger partial charge in [-0.3, -0.25) is 0 Å². The first-order valence-corrected chi connectivity index (χ1v) is 22.8. The van der Waals surface area contributed by atoms with E-state index in [1.807, 2.05) is 6.08 Å². The average Bonchev–Trinajstić information content (AvgIpc) is 3.93. The topological polar surface area (TPSA) is 21.3 Å². The standard InChI is InChI=1S/C64H44N2O/c1-2-50(25-18-40-65-60-31-14-11-26-53(60)54-27-12-15-32-61(54)65)66(51-37-34-44(35-38-51)49-36-39-52(45-19-5-3-6-20-45)58(41-49)46-21-7-4-8-22-46)62-33-16-13-28-55(62)56-29-17-30-57-59-42-47-23-9-10-24-48(47)43-63(59)67-64(56)57/h2-43H,1H2/b40-18+,50-25+. The number of aromatic nitrogens is 1. The summed E-state index contributed by atoms with van der Waals surface area (Å²) >= 11 is 0. The zero-order chi connectivity index (χ0) is 44.7. The Kier molecular flexibility index (Phi) is 10.00. The van der Waals surface area contributed by atoms with Crippen molar-refractivity contribution in [2.45, 2.75) is 0 Å². The van der Waals surface area contributed by atoms with Gasteiger partial charge in [-0.1, -0.05) is 189 Å². The number of furan rings is 1. The fourth-order valence-corrected chi connectivity index (χ4v) is 9.85. The monoisotopic (exact) mass is 856 g/mol. The van der Waals surface area contributed by atoms with Gasteiger partial charge >= 0.3 is 0 Å². The normalized spacial score (nSPS) is 12.0. The second-order valence-corrected chi connectivity index (χ2v) is 16.9. The molecule has 316 valence electrons. The zero-order valence-electron chi connectivity index (χ0n) is 36.8. The zero-order valence-corrected chi connectivity index (χ0v) is 36.8. The van der Waals surface area contributed by atoms with Crippen molar-refractivity contribution in [3.8, 4) is 44.5 Å². The highest BCUT2D eigenvalue weighted by molar-refractivity contribution is 6.14. The van der Waals surface area contributed by atoms with Crippen molar-refractivity contribution in [3.05, 3.63) is 261 Å². The largest absolute Gasteiger partial charge is 0.455 e. The molecule has 0 bridgehead atoms. The van der Waals surface area contributed by atoms with Crippen molar-refractivity contribution in [2.75, 3.05) is 4.90 Å². The van der Waals surface area contributed by atoms with E-state index in [0.717, 1.165) is 77.7 Å². The molecule has 3 nitrogen and oxygen atoms in total. The predicted molar refractivity (Wildman–Crippen MR) is 285 cm³/mol. The van der Waals surface area contributed by atoms with Crippen LogP contribution in [0.4, 0.5) is 11.4 Å². The minimum Gasteiger partial charge on any atom is -0.455 e. The summed E-state index contributed by atoms with van der Waals surface area (Å²) in [6.07, 6.45) is 8.39. The molecule has 67 heavy (non-hydrogen) atoms. The van der Waals surface area contributed by atoms with Crippen LogP contribution in [0.5, 0.6) is 0 Å². The molecule has 0 unspecified atom stereocenters. The predicted octanol–water partition coefficient (Wildman–Crippen LogP) is 17.9. The maximum atomic E-state index is 6.83. The van der Waals surface area contributed by atoms with E-state index in [2.05, 4.69) is 265 Å². The SMILES string of the molecule is C=C/C(=C\C=C\n1c2ccccc2c2ccccc21)N(c1ccc(-c2ccc(-c3ccccc3)c(-c3ccccc3)c2)cc1)c1ccccc1-c1cccc2c1oc1cc3ccccc3cc12. The lowest BCUT2D eigenvalue weighted by molar-refractivity contribution is 0.670. The molecule has 10 aromatic carbocycles. The fourth-order valence-electron chi connectivity index (χ4n) is 9.85. The van der Waals surface area contributed by atoms with Crippen molar-refractivity contribution in [1.82, 2.24) is 4.57 Å². The Hall–Kier alpha value is -8.92. The van der Waals surface area contributed by atoms with Gasteiger partial charge in [0.2, 0.25) is 0 Å². The van der Waals surface area contributed by atoms with Gasteiger partial charge in [-0.25, -0.2) is 0 Å². The summed E-state index contributed by atoms with van der Waals surface area (Å²) in [5.41, 5.74) is 16.1. The van der Waals surface area contributed by atoms with Gasteiger partial charge < -0.3 is 13.9 Å². The minimum absolute atomic E-state index is 0.860. The van der Waals surface area contributed by atoms with Crippen LogP contribution in [0.3, 0.4) is 0 Å². The van der Waals surface area contributed by atoms with Gasteiger partial charge in [-0.05, 0) is 111 Å². The van der Waals surface area contributed by atoms with Crippen molar-refractivity contribution in [1.29, 1.82) is 0 Å². The van der Waals surface area contributed by atoms with E-state index in [4.69, 9.17) is 4.42 Å². The van der Waals surface area contributed by atoms with Gasteiger partial charge in [-0.2, -0.15) is 0 Å². The van der Waals surface area contributed by atoms with Crippen molar-refractivity contribution in [3.63, 3.8) is 0 Å². The number of anilines is 2. The van der Waals surface area contributed by atoms with E-state index in [9.17, 15) is 0 Å². The lowest BCUT2D eigenvalue weighted by Crippen LogP contribution is -2.16. The Morgan fingerprint density at radius 1 is 0.433 bits per heavy atom. The quantitative estimate of drug-likeness (QED) is 0.128. The highest BCUT2D eigenvalue weighted by Gasteiger charge is 2.21. The Morgan fingerprint density at radius 3 is 1.73 bits per heavy atom. The molecular weight excluding hydrogens is 813 g/mol. The van der Waals surface area contributed by atoms with Crippen LogP contribution in [0, 0.1) is 0 Å². The lowest BCUT2D eigenvalue weighted by atomic mass is 9.91. The Bertz CT molecular complexity index is 3820. The first-order chi connectivity index (χ1) is 33.2. The van der Waals surface area contributed by atoms with Crippen LogP contribution in [-0.2, 0) is 0 Å². The van der Waals surface area contributed by atoms with Crippen LogP contribution < -0.4 is 4.90 Å². The summed E-state index contributed by atoms with van der Waals surface area (Å²) in [5, 5.41) is 7.00. The summed E-state index contributed by atoms with van der Waals surface area (Å²) in [6, 6.07) is 82.2. The van der Waals surface area contributed by atoms with Crippen molar-refractivity contribution in [2.24, 2.45) is 0 Å². The van der Waals surface area contributed by atoms with Gasteiger partial charge in [0.15, 0.2) is 0 Å². The Balaban J connectivity index is 1.00. The highest BCUT2D eigenvalue weighted by Crippen LogP contribution is 2.44. The Labute approximate surface area is 389 Å². The molecule has 0 radical (unpaired) electrons. The van der Waals surface area contributed by atoms with Gasteiger partial charge in [0.25, 0.3) is 0 Å². The summed E-state index contributed by atoms with van der Waals surface area (Å²) in [6.45, 7) is 4.42. The van der Waals surface area contributed by atoms with Gasteiger partial charge in [0.05, 0.1) is 16.7 Å². The number of rotatable bonds is 10. The average molecular weight is 857 g/mol. The molecule has 0 aliphatic carbocycles. The molecule has 0 aliphatic heterocycles. The molecule has 0 atom stereocenters. The molecule has 0 N–H and O–H groups in total. The number of hydrogen-bond donors (Lipinski definition) is 0. The number of nitrogens with zero attached hydrogens (tertiary/aromatic N) is 2. The van der Waals surface area contributed by atoms with E-state index in [1.165, 1.54) is 38.4 Å². The van der Waals surface area contributed by atoms with Crippen LogP contribution >= 0.6 is 0 Å². The first-order valence-electron chi connectivity index (χ1n) is 22.8. The van der Waals surface area contributed by atoms with Crippen LogP contribution in [0.25, 0.3) is 105 Å². The summed E-state index contributed by atoms with van der Waals surface area (Å²) in [5.74, 6) is 0. The molecule has 2 aromatic heterocycles. The molecule has 0 aliphatic rings. The number of benzene rings is 10. The van der Waals surface area contributed by atoms with Crippen molar-refractivity contribution >= 4 is 72.1 Å². The molecule has 3 heteroatoms. The minimum atomic E-state index is 0.860. The molecule has 0 spiro atoms. The smallest absolute Gasteiger partial charge is 0.143 e. The number of allylic oxidation sites excluding steroid dienone is 3. The molecule has 2 heterocycles. The van der Waals surface area contributed by atoms with E-state index in [0.29, 0.717) is 0 Å². The van der Waals surface area contributed by atoms with Crippen LogP contribution in [-0.4, -0.2) is 4.57 Å². The third kappa shape index (κ3) is 7.11. The van der Waals surface area contributed by atoms with Crippen LogP contribution in [0.15, 0.2) is 265 Å². The number of fused-ring (bicyclic) bond motifs is 7. The molecule has 12 rings (SSSR count). The van der Waals surface area contributed by atoms with Crippen molar-refractivity contribution < 1.29 is 4.42 Å². The lowest BCUT2D eigenvalue weighted by Gasteiger charge is -2.28. The summed E-state index contributed by atoms with van der Waals surface area (Å²) in [7, 11) is 0. The first kappa shape index (κ1) is 39.7. The molecule has 0 saturated heterocycles. The van der Waals surface area contributed by atoms with E-state index in [-0.39, 0.29) is 0 Å². The third-order valence-corrected chi connectivity index (χ3v) is 13.0. The fraction of sp³-hybridized carbons (Fsp3) is 0. The second kappa shape index (κ2) is 16.9. The molecule has 12 aromatic rings. The van der Waals surface area contributed by atoms with E-state index in [1.54, 1.807) is 0 Å². The molecule has 0 fully saturated rings. The van der Waals surface area contributed by atoms with E-state index < -0.39 is 0 Å².